The van der Waals surface area contributed by atoms with Crippen molar-refractivity contribution in [2.45, 2.75) is 85.1 Å². The zero-order valence-electron chi connectivity index (χ0n) is 17.5. The number of hydrogen-bond acceptors (Lipinski definition) is 3. The molecule has 0 aromatic heterocycles. The second-order valence-corrected chi connectivity index (χ2v) is 20.3. The highest BCUT2D eigenvalue weighted by atomic mass is 28.4. The van der Waals surface area contributed by atoms with Crippen LogP contribution in [0, 0.1) is 22.7 Å². The van der Waals surface area contributed by atoms with E-state index in [1.54, 1.807) is 0 Å². The molecule has 5 atom stereocenters. The summed E-state index contributed by atoms with van der Waals surface area (Å²) in [5, 5.41) is 0. The molecule has 142 valence electrons. The minimum absolute atomic E-state index is 0.0792. The van der Waals surface area contributed by atoms with Gasteiger partial charge in [0.05, 0.1) is 12.2 Å². The molecule has 0 spiro atoms. The second kappa shape index (κ2) is 5.63. The summed E-state index contributed by atoms with van der Waals surface area (Å²) < 4.78 is 13.5. The quantitative estimate of drug-likeness (QED) is 0.643. The Morgan fingerprint density at radius 2 is 1.56 bits per heavy atom. The van der Waals surface area contributed by atoms with Crippen LogP contribution in [0.2, 0.25) is 39.3 Å². The maximum atomic E-state index is 12.4. The van der Waals surface area contributed by atoms with E-state index in [0.29, 0.717) is 18.3 Å². The van der Waals surface area contributed by atoms with Crippen molar-refractivity contribution in [1.29, 1.82) is 0 Å². The van der Waals surface area contributed by atoms with Crippen LogP contribution >= 0.6 is 0 Å². The van der Waals surface area contributed by atoms with E-state index in [9.17, 15) is 4.79 Å². The lowest BCUT2D eigenvalue weighted by Crippen LogP contribution is -2.44. The Bertz CT molecular complexity index is 611. The maximum absolute atomic E-state index is 12.4. The first-order valence-corrected chi connectivity index (χ1v) is 16.6. The third kappa shape index (κ3) is 3.37. The summed E-state index contributed by atoms with van der Waals surface area (Å²) in [5.74, 6) is 1.15. The van der Waals surface area contributed by atoms with Crippen molar-refractivity contribution < 1.29 is 13.6 Å². The van der Waals surface area contributed by atoms with Crippen molar-refractivity contribution in [3.05, 3.63) is 11.6 Å². The first-order chi connectivity index (χ1) is 11.1. The zero-order chi connectivity index (χ0) is 19.0. The van der Waals surface area contributed by atoms with Crippen LogP contribution in [0.25, 0.3) is 0 Å². The molecule has 25 heavy (non-hydrogen) atoms. The van der Waals surface area contributed by atoms with Gasteiger partial charge in [-0.3, -0.25) is 4.79 Å². The molecule has 0 unspecified atom stereocenters. The number of carbonyl (C=O) groups excluding carboxylic acids is 1. The molecule has 5 heteroatoms. The van der Waals surface area contributed by atoms with Crippen LogP contribution in [0.15, 0.2) is 11.6 Å². The summed E-state index contributed by atoms with van der Waals surface area (Å²) in [6.07, 6.45) is 4.02. The number of rotatable bonds is 4. The minimum atomic E-state index is -1.70. The van der Waals surface area contributed by atoms with Crippen molar-refractivity contribution in [1.82, 2.24) is 0 Å². The lowest BCUT2D eigenvalue weighted by molar-refractivity contribution is -0.116. The fraction of sp³-hybridized carbons (Fsp3) is 0.850. The van der Waals surface area contributed by atoms with Gasteiger partial charge in [0.25, 0.3) is 0 Å². The van der Waals surface area contributed by atoms with Crippen LogP contribution in [0.1, 0.15) is 33.6 Å². The minimum Gasteiger partial charge on any atom is -0.414 e. The van der Waals surface area contributed by atoms with Gasteiger partial charge in [0, 0.05) is 11.8 Å². The van der Waals surface area contributed by atoms with Crippen LogP contribution in [0.3, 0.4) is 0 Å². The van der Waals surface area contributed by atoms with Gasteiger partial charge in [-0.25, -0.2) is 0 Å². The third-order valence-corrected chi connectivity index (χ3v) is 8.15. The van der Waals surface area contributed by atoms with Crippen molar-refractivity contribution in [2.24, 2.45) is 22.7 Å². The van der Waals surface area contributed by atoms with E-state index in [1.807, 2.05) is 6.08 Å². The first kappa shape index (κ1) is 19.5. The van der Waals surface area contributed by atoms with E-state index in [1.165, 1.54) is 5.57 Å². The Balaban J connectivity index is 2.05. The van der Waals surface area contributed by atoms with Gasteiger partial charge in [0.15, 0.2) is 22.4 Å². The molecule has 3 aliphatic carbocycles. The average molecular weight is 381 g/mol. The molecule has 0 heterocycles. The molecule has 0 aromatic carbocycles. The van der Waals surface area contributed by atoms with Crippen LogP contribution in [0.4, 0.5) is 0 Å². The molecular formula is C20H36O3Si2. The predicted molar refractivity (Wildman–Crippen MR) is 108 cm³/mol. The van der Waals surface area contributed by atoms with Crippen molar-refractivity contribution in [2.75, 3.05) is 0 Å². The van der Waals surface area contributed by atoms with Gasteiger partial charge in [-0.2, -0.15) is 0 Å². The Morgan fingerprint density at radius 1 is 1.00 bits per heavy atom. The Hall–Kier alpha value is -0.236. The number of ketones is 1. The van der Waals surface area contributed by atoms with Gasteiger partial charge in [-0.1, -0.05) is 20.8 Å². The topological polar surface area (TPSA) is 35.5 Å². The molecule has 0 bridgehead atoms. The monoisotopic (exact) mass is 380 g/mol. The van der Waals surface area contributed by atoms with E-state index in [2.05, 4.69) is 60.1 Å². The fourth-order valence-electron chi connectivity index (χ4n) is 5.61. The molecule has 0 N–H and O–H groups in total. The van der Waals surface area contributed by atoms with Crippen LogP contribution in [-0.2, 0) is 13.6 Å². The Kier molecular flexibility index (Phi) is 4.40. The third-order valence-electron chi connectivity index (χ3n) is 6.23. The van der Waals surface area contributed by atoms with Gasteiger partial charge >= 0.3 is 0 Å². The summed E-state index contributed by atoms with van der Waals surface area (Å²) >= 11 is 0. The number of carbonyl (C=O) groups is 1. The number of hydrogen-bond donors (Lipinski definition) is 0. The highest BCUT2D eigenvalue weighted by Crippen LogP contribution is 2.67. The molecule has 2 fully saturated rings. The summed E-state index contributed by atoms with van der Waals surface area (Å²) in [5.41, 5.74) is 1.33. The highest BCUT2D eigenvalue weighted by molar-refractivity contribution is 6.70. The smallest absolute Gasteiger partial charge is 0.184 e. The lowest BCUT2D eigenvalue weighted by atomic mass is 9.72. The predicted octanol–water partition coefficient (Wildman–Crippen LogP) is 5.01. The number of allylic oxidation sites excluding steroid dienone is 1. The highest BCUT2D eigenvalue weighted by Gasteiger charge is 2.67. The van der Waals surface area contributed by atoms with Gasteiger partial charge < -0.3 is 8.85 Å². The Labute approximate surface area is 155 Å². The molecule has 0 saturated heterocycles. The molecule has 3 aliphatic rings. The molecule has 2 saturated carbocycles. The van der Waals surface area contributed by atoms with Gasteiger partial charge in [0.2, 0.25) is 0 Å². The van der Waals surface area contributed by atoms with Crippen molar-refractivity contribution in [3.8, 4) is 0 Å². The van der Waals surface area contributed by atoms with E-state index in [-0.39, 0.29) is 28.8 Å². The lowest BCUT2D eigenvalue weighted by Gasteiger charge is -2.41. The van der Waals surface area contributed by atoms with Gasteiger partial charge in [-0.05, 0) is 74.6 Å². The standard InChI is InChI=1S/C20H36O3Si2/c1-19(2)12-14-16(18(19)23-25(7,8)9)20(3)11-13(21)10-15(20)17(14)22-24(4,5)6/h10,14,16-18H,11-12H2,1-9H3/t14-,16-,17-,18+,20+/m0/s1. The molecule has 3 rings (SSSR count). The Morgan fingerprint density at radius 3 is 2.08 bits per heavy atom. The van der Waals surface area contributed by atoms with Gasteiger partial charge in [0.1, 0.15) is 0 Å². The fourth-order valence-corrected chi connectivity index (χ4v) is 7.90. The maximum Gasteiger partial charge on any atom is 0.184 e. The molecule has 3 nitrogen and oxygen atoms in total. The molecular weight excluding hydrogens is 344 g/mol. The number of fused-ring (bicyclic) bond motifs is 3. The van der Waals surface area contributed by atoms with Crippen molar-refractivity contribution >= 4 is 22.4 Å². The van der Waals surface area contributed by atoms with E-state index >= 15 is 0 Å². The van der Waals surface area contributed by atoms with Crippen molar-refractivity contribution in [3.63, 3.8) is 0 Å². The van der Waals surface area contributed by atoms with E-state index < -0.39 is 16.6 Å². The summed E-state index contributed by atoms with van der Waals surface area (Å²) in [6, 6.07) is 0. The van der Waals surface area contributed by atoms with E-state index in [0.717, 1.165) is 6.42 Å². The second-order valence-electron chi connectivity index (χ2n) is 11.3. The molecule has 0 radical (unpaired) electrons. The van der Waals surface area contributed by atoms with Crippen LogP contribution in [0.5, 0.6) is 0 Å². The molecule has 0 aromatic rings. The van der Waals surface area contributed by atoms with Crippen LogP contribution < -0.4 is 0 Å². The zero-order valence-corrected chi connectivity index (χ0v) is 19.5. The SMILES string of the molecule is CC1(C)C[C@H]2[C@@H]([C@H]1O[Si](C)(C)C)[C@]1(C)CC(=O)C=C1[C@H]2O[Si](C)(C)C. The largest absolute Gasteiger partial charge is 0.414 e. The van der Waals surface area contributed by atoms with Gasteiger partial charge in [-0.15, -0.1) is 0 Å². The molecule has 0 amide bonds. The van der Waals surface area contributed by atoms with Crippen LogP contribution in [-0.4, -0.2) is 34.6 Å². The van der Waals surface area contributed by atoms with E-state index in [4.69, 9.17) is 8.85 Å². The summed E-state index contributed by atoms with van der Waals surface area (Å²) in [7, 11) is -3.37. The summed E-state index contributed by atoms with van der Waals surface area (Å²) in [4.78, 5) is 12.4. The normalized spacial score (nSPS) is 40.2. The first-order valence-electron chi connectivity index (χ1n) is 9.75. The average Bonchev–Trinajstić information content (AvgIpc) is 2.85. The summed E-state index contributed by atoms with van der Waals surface area (Å²) in [6.45, 7) is 20.6. The molecule has 0 aliphatic heterocycles.